The maximum Gasteiger partial charge on any atom is 0.230 e. The van der Waals surface area contributed by atoms with Gasteiger partial charge in [-0.05, 0) is 43.5 Å². The number of rotatable bonds is 7. The van der Waals surface area contributed by atoms with Crippen LogP contribution in [0.15, 0.2) is 54.6 Å². The monoisotopic (exact) mass is 354 g/mol. The lowest BCUT2D eigenvalue weighted by atomic mass is 10.1. The Morgan fingerprint density at radius 1 is 1.08 bits per heavy atom. The minimum atomic E-state index is -0.277. The summed E-state index contributed by atoms with van der Waals surface area (Å²) in [6.07, 6.45) is 1.02. The Hall–Kier alpha value is -2.69. The highest BCUT2D eigenvalue weighted by Gasteiger charge is 2.49. The fourth-order valence-corrected chi connectivity index (χ4v) is 3.18. The summed E-state index contributed by atoms with van der Waals surface area (Å²) in [6, 6.07) is 16.0. The Labute approximate surface area is 153 Å². The van der Waals surface area contributed by atoms with Crippen molar-refractivity contribution in [2.45, 2.75) is 19.8 Å². The predicted molar refractivity (Wildman–Crippen MR) is 99.2 cm³/mol. The van der Waals surface area contributed by atoms with Crippen LogP contribution in [0.2, 0.25) is 0 Å². The summed E-state index contributed by atoms with van der Waals surface area (Å²) >= 11 is 0. The minimum Gasteiger partial charge on any atom is -0.356 e. The number of para-hydroxylation sites is 1. The molecule has 0 bridgehead atoms. The molecule has 0 heterocycles. The standard InChI is InChI=1S/C21H23FN2O2/c1-2-24(16-9-4-3-5-10-16)21(26)18-14-17(18)20(25)23-13-12-15-8-6-7-11-19(15)22/h3-11,17-18H,2,12-14H2,1H3,(H,23,25). The van der Waals surface area contributed by atoms with Gasteiger partial charge in [0, 0.05) is 18.8 Å². The summed E-state index contributed by atoms with van der Waals surface area (Å²) in [5.41, 5.74) is 1.43. The second-order valence-corrected chi connectivity index (χ2v) is 6.50. The first-order valence-corrected chi connectivity index (χ1v) is 8.99. The topological polar surface area (TPSA) is 49.4 Å². The summed E-state index contributed by atoms with van der Waals surface area (Å²) < 4.78 is 13.6. The molecule has 2 aromatic rings. The van der Waals surface area contributed by atoms with Crippen molar-refractivity contribution < 1.29 is 14.0 Å². The molecule has 0 aliphatic heterocycles. The van der Waals surface area contributed by atoms with Gasteiger partial charge in [0.1, 0.15) is 5.82 Å². The molecule has 5 heteroatoms. The van der Waals surface area contributed by atoms with Crippen LogP contribution in [0, 0.1) is 17.7 Å². The molecule has 0 spiro atoms. The fraction of sp³-hybridized carbons (Fsp3) is 0.333. The molecule has 0 aromatic heterocycles. The number of carbonyl (C=O) groups excluding carboxylic acids is 2. The Balaban J connectivity index is 1.50. The molecule has 2 amide bonds. The maximum absolute atomic E-state index is 13.6. The highest BCUT2D eigenvalue weighted by atomic mass is 19.1. The van der Waals surface area contributed by atoms with E-state index < -0.39 is 0 Å². The van der Waals surface area contributed by atoms with Crippen molar-refractivity contribution in [3.05, 3.63) is 66.0 Å². The van der Waals surface area contributed by atoms with Crippen molar-refractivity contribution in [3.63, 3.8) is 0 Å². The molecular weight excluding hydrogens is 331 g/mol. The van der Waals surface area contributed by atoms with Crippen LogP contribution in [-0.4, -0.2) is 24.9 Å². The van der Waals surface area contributed by atoms with Crippen LogP contribution >= 0.6 is 0 Å². The summed E-state index contributed by atoms with van der Waals surface area (Å²) in [7, 11) is 0. The van der Waals surface area contributed by atoms with Gasteiger partial charge in [0.05, 0.1) is 11.8 Å². The van der Waals surface area contributed by atoms with E-state index in [1.54, 1.807) is 23.1 Å². The summed E-state index contributed by atoms with van der Waals surface area (Å²) in [5.74, 6) is -0.927. The lowest BCUT2D eigenvalue weighted by Gasteiger charge is -2.21. The van der Waals surface area contributed by atoms with Crippen LogP contribution in [0.3, 0.4) is 0 Å². The van der Waals surface area contributed by atoms with E-state index in [-0.39, 0.29) is 29.5 Å². The Morgan fingerprint density at radius 3 is 2.46 bits per heavy atom. The van der Waals surface area contributed by atoms with Crippen molar-refractivity contribution >= 4 is 17.5 Å². The zero-order valence-electron chi connectivity index (χ0n) is 14.8. The maximum atomic E-state index is 13.6. The molecule has 2 aromatic carbocycles. The average molecular weight is 354 g/mol. The first kappa shape index (κ1) is 18.1. The van der Waals surface area contributed by atoms with Crippen LogP contribution in [0.5, 0.6) is 0 Å². The Bertz CT molecular complexity index is 779. The number of nitrogens with one attached hydrogen (secondary N) is 1. The van der Waals surface area contributed by atoms with E-state index in [1.807, 2.05) is 37.3 Å². The van der Waals surface area contributed by atoms with Crippen LogP contribution < -0.4 is 10.2 Å². The minimum absolute atomic E-state index is 0.00652. The van der Waals surface area contributed by atoms with E-state index in [4.69, 9.17) is 0 Å². The number of anilines is 1. The molecular formula is C21H23FN2O2. The van der Waals surface area contributed by atoms with E-state index >= 15 is 0 Å². The average Bonchev–Trinajstić information content (AvgIpc) is 3.45. The van der Waals surface area contributed by atoms with Gasteiger partial charge < -0.3 is 10.2 Å². The lowest BCUT2D eigenvalue weighted by molar-refractivity contribution is -0.126. The fourth-order valence-electron chi connectivity index (χ4n) is 3.18. The van der Waals surface area contributed by atoms with Gasteiger partial charge in [-0.2, -0.15) is 0 Å². The Morgan fingerprint density at radius 2 is 1.77 bits per heavy atom. The van der Waals surface area contributed by atoms with Gasteiger partial charge in [0.25, 0.3) is 0 Å². The number of carbonyl (C=O) groups is 2. The van der Waals surface area contributed by atoms with Gasteiger partial charge >= 0.3 is 0 Å². The highest BCUT2D eigenvalue weighted by Crippen LogP contribution is 2.40. The largest absolute Gasteiger partial charge is 0.356 e. The molecule has 4 nitrogen and oxygen atoms in total. The molecule has 1 N–H and O–H groups in total. The van der Waals surface area contributed by atoms with E-state index in [9.17, 15) is 14.0 Å². The molecule has 2 atom stereocenters. The van der Waals surface area contributed by atoms with Crippen LogP contribution in [-0.2, 0) is 16.0 Å². The van der Waals surface area contributed by atoms with Crippen molar-refractivity contribution in [2.24, 2.45) is 11.8 Å². The quantitative estimate of drug-likeness (QED) is 0.830. The summed E-state index contributed by atoms with van der Waals surface area (Å²) in [4.78, 5) is 26.7. The third-order valence-electron chi connectivity index (χ3n) is 4.75. The number of hydrogen-bond donors (Lipinski definition) is 1. The van der Waals surface area contributed by atoms with Crippen molar-refractivity contribution in [3.8, 4) is 0 Å². The second-order valence-electron chi connectivity index (χ2n) is 6.50. The lowest BCUT2D eigenvalue weighted by Crippen LogP contribution is -2.34. The van der Waals surface area contributed by atoms with Gasteiger partial charge in [-0.1, -0.05) is 36.4 Å². The van der Waals surface area contributed by atoms with E-state index in [2.05, 4.69) is 5.32 Å². The van der Waals surface area contributed by atoms with E-state index in [1.165, 1.54) is 6.07 Å². The van der Waals surface area contributed by atoms with Gasteiger partial charge in [0.2, 0.25) is 11.8 Å². The SMILES string of the molecule is CCN(C(=O)C1CC1C(=O)NCCc1ccccc1F)c1ccccc1. The molecule has 1 aliphatic carbocycles. The second kappa shape index (κ2) is 8.13. The van der Waals surface area contributed by atoms with Crippen molar-refractivity contribution in [1.82, 2.24) is 5.32 Å². The molecule has 0 saturated heterocycles. The molecule has 1 saturated carbocycles. The normalized spacial score (nSPS) is 18.2. The number of halogens is 1. The highest BCUT2D eigenvalue weighted by molar-refractivity contribution is 6.01. The first-order chi connectivity index (χ1) is 12.6. The summed E-state index contributed by atoms with van der Waals surface area (Å²) in [6.45, 7) is 2.87. The first-order valence-electron chi connectivity index (χ1n) is 8.99. The molecule has 0 radical (unpaired) electrons. The number of benzene rings is 2. The zero-order chi connectivity index (χ0) is 18.5. The zero-order valence-corrected chi connectivity index (χ0v) is 14.8. The van der Waals surface area contributed by atoms with Crippen LogP contribution in [0.25, 0.3) is 0 Å². The molecule has 26 heavy (non-hydrogen) atoms. The van der Waals surface area contributed by atoms with E-state index in [0.717, 1.165) is 5.69 Å². The number of nitrogens with zero attached hydrogens (tertiary/aromatic N) is 1. The van der Waals surface area contributed by atoms with Gasteiger partial charge in [-0.3, -0.25) is 9.59 Å². The number of hydrogen-bond acceptors (Lipinski definition) is 2. The van der Waals surface area contributed by atoms with Crippen molar-refractivity contribution in [2.75, 3.05) is 18.0 Å². The van der Waals surface area contributed by atoms with Gasteiger partial charge in [-0.15, -0.1) is 0 Å². The molecule has 3 rings (SSSR count). The molecule has 1 aliphatic rings. The number of amides is 2. The van der Waals surface area contributed by atoms with Crippen molar-refractivity contribution in [1.29, 1.82) is 0 Å². The smallest absolute Gasteiger partial charge is 0.230 e. The third kappa shape index (κ3) is 4.10. The third-order valence-corrected chi connectivity index (χ3v) is 4.75. The molecule has 2 unspecified atom stereocenters. The Kier molecular flexibility index (Phi) is 5.66. The summed E-state index contributed by atoms with van der Waals surface area (Å²) in [5, 5.41) is 2.83. The molecule has 1 fully saturated rings. The van der Waals surface area contributed by atoms with Gasteiger partial charge in [0.15, 0.2) is 0 Å². The van der Waals surface area contributed by atoms with E-state index in [0.29, 0.717) is 31.5 Å². The van der Waals surface area contributed by atoms with Gasteiger partial charge in [-0.25, -0.2) is 4.39 Å². The van der Waals surface area contributed by atoms with Crippen LogP contribution in [0.4, 0.5) is 10.1 Å². The predicted octanol–water partition coefficient (Wildman–Crippen LogP) is 3.17. The molecule has 136 valence electrons. The van der Waals surface area contributed by atoms with Crippen LogP contribution in [0.1, 0.15) is 18.9 Å².